The molecule has 15 heavy (non-hydrogen) atoms. The van der Waals surface area contributed by atoms with Crippen LogP contribution in [0.25, 0.3) is 6.08 Å². The number of halogens is 1. The van der Waals surface area contributed by atoms with Gasteiger partial charge in [0.1, 0.15) is 6.54 Å². The lowest BCUT2D eigenvalue weighted by Crippen LogP contribution is -2.25. The number of nitrogens with one attached hydrogen (secondary N) is 1. The molecule has 0 aliphatic rings. The Morgan fingerprint density at radius 1 is 1.27 bits per heavy atom. The smallest absolute Gasteiger partial charge is 0.320 e. The van der Waals surface area contributed by atoms with Crippen molar-refractivity contribution in [2.75, 3.05) is 6.54 Å². The van der Waals surface area contributed by atoms with Crippen LogP contribution in [0.2, 0.25) is 0 Å². The Labute approximate surface area is 86.6 Å². The number of hydrogen-bond donors (Lipinski definition) is 1. The highest BCUT2D eigenvalue weighted by Crippen LogP contribution is 2.00. The first kappa shape index (κ1) is 11.1. The summed E-state index contributed by atoms with van der Waals surface area (Å²) in [6.45, 7) is -0.585. The zero-order valence-corrected chi connectivity index (χ0v) is 7.94. The molecule has 1 rings (SSSR count). The minimum absolute atomic E-state index is 0.496. The standard InChI is InChI=1S/C11H10FNO2/c12-10(14)8-13-11(15)7-6-9-4-2-1-3-5-9/h1-7H,8H2,(H,13,15)/b7-6+. The quantitative estimate of drug-likeness (QED) is 0.597. The molecular formula is C11H10FNO2. The van der Waals surface area contributed by atoms with Gasteiger partial charge >= 0.3 is 6.04 Å². The van der Waals surface area contributed by atoms with Gasteiger partial charge in [-0.2, -0.15) is 4.39 Å². The molecule has 0 unspecified atom stereocenters. The molecule has 0 fully saturated rings. The zero-order chi connectivity index (χ0) is 11.1. The van der Waals surface area contributed by atoms with Crippen LogP contribution in [0.3, 0.4) is 0 Å². The second-order valence-electron chi connectivity index (χ2n) is 2.82. The van der Waals surface area contributed by atoms with Gasteiger partial charge in [-0.3, -0.25) is 9.59 Å². The van der Waals surface area contributed by atoms with Crippen LogP contribution < -0.4 is 5.32 Å². The number of benzene rings is 1. The fourth-order valence-corrected chi connectivity index (χ4v) is 0.952. The van der Waals surface area contributed by atoms with Crippen molar-refractivity contribution in [3.63, 3.8) is 0 Å². The van der Waals surface area contributed by atoms with Crippen LogP contribution in [0.15, 0.2) is 36.4 Å². The van der Waals surface area contributed by atoms with Crippen LogP contribution >= 0.6 is 0 Å². The van der Waals surface area contributed by atoms with Crippen LogP contribution in [-0.2, 0) is 9.59 Å². The van der Waals surface area contributed by atoms with E-state index in [0.717, 1.165) is 5.56 Å². The van der Waals surface area contributed by atoms with Crippen molar-refractivity contribution >= 4 is 18.0 Å². The van der Waals surface area contributed by atoms with E-state index in [4.69, 9.17) is 0 Å². The first-order valence-corrected chi connectivity index (χ1v) is 4.38. The molecule has 78 valence electrons. The van der Waals surface area contributed by atoms with Crippen molar-refractivity contribution in [3.05, 3.63) is 42.0 Å². The SMILES string of the molecule is O=C(F)CNC(=O)/C=C/c1ccccc1. The van der Waals surface area contributed by atoms with Gasteiger partial charge in [-0.05, 0) is 11.6 Å². The second-order valence-corrected chi connectivity index (χ2v) is 2.82. The number of carbonyl (C=O) groups excluding carboxylic acids is 2. The van der Waals surface area contributed by atoms with E-state index in [1.165, 1.54) is 6.08 Å². The molecule has 0 spiro atoms. The Kier molecular flexibility index (Phi) is 4.22. The molecule has 4 heteroatoms. The van der Waals surface area contributed by atoms with Gasteiger partial charge in [-0.25, -0.2) is 0 Å². The van der Waals surface area contributed by atoms with E-state index >= 15 is 0 Å². The van der Waals surface area contributed by atoms with Crippen LogP contribution in [0.5, 0.6) is 0 Å². The molecule has 0 aliphatic carbocycles. The summed E-state index contributed by atoms with van der Waals surface area (Å²) in [4.78, 5) is 20.9. The Balaban J connectivity index is 2.44. The normalized spacial score (nSPS) is 10.2. The largest absolute Gasteiger partial charge is 0.343 e. The lowest BCUT2D eigenvalue weighted by atomic mass is 10.2. The number of hydrogen-bond acceptors (Lipinski definition) is 2. The van der Waals surface area contributed by atoms with Crippen LogP contribution in [0, 0.1) is 0 Å². The number of carbonyl (C=O) groups is 2. The highest BCUT2D eigenvalue weighted by Gasteiger charge is 1.99. The van der Waals surface area contributed by atoms with E-state index < -0.39 is 18.5 Å². The van der Waals surface area contributed by atoms with Gasteiger partial charge in [0.05, 0.1) is 0 Å². The van der Waals surface area contributed by atoms with Gasteiger partial charge < -0.3 is 5.32 Å². The van der Waals surface area contributed by atoms with Crippen LogP contribution in [-0.4, -0.2) is 18.5 Å². The molecule has 0 aromatic heterocycles. The molecule has 3 nitrogen and oxygen atoms in total. The highest BCUT2D eigenvalue weighted by atomic mass is 19.1. The molecular weight excluding hydrogens is 197 g/mol. The molecule has 0 saturated carbocycles. The third kappa shape index (κ3) is 4.71. The highest BCUT2D eigenvalue weighted by molar-refractivity contribution is 5.93. The maximum Gasteiger partial charge on any atom is 0.320 e. The third-order valence-corrected chi connectivity index (χ3v) is 1.63. The number of amides is 1. The Morgan fingerprint density at radius 2 is 1.93 bits per heavy atom. The molecule has 0 radical (unpaired) electrons. The van der Waals surface area contributed by atoms with E-state index in [1.54, 1.807) is 6.08 Å². The minimum Gasteiger partial charge on any atom is -0.343 e. The maximum absolute atomic E-state index is 11.7. The first-order valence-electron chi connectivity index (χ1n) is 4.38. The summed E-state index contributed by atoms with van der Waals surface area (Å²) in [5.41, 5.74) is 0.860. The van der Waals surface area contributed by atoms with Crippen molar-refractivity contribution in [3.8, 4) is 0 Å². The van der Waals surface area contributed by atoms with E-state index in [1.807, 2.05) is 30.3 Å². The molecule has 0 aliphatic heterocycles. The number of rotatable bonds is 4. The maximum atomic E-state index is 11.7. The lowest BCUT2D eigenvalue weighted by Gasteiger charge is -1.95. The molecule has 0 atom stereocenters. The fourth-order valence-electron chi connectivity index (χ4n) is 0.952. The van der Waals surface area contributed by atoms with Crippen molar-refractivity contribution < 1.29 is 14.0 Å². The van der Waals surface area contributed by atoms with E-state index in [2.05, 4.69) is 5.32 Å². The van der Waals surface area contributed by atoms with Crippen molar-refractivity contribution in [1.29, 1.82) is 0 Å². The summed E-state index contributed by atoms with van der Waals surface area (Å²) in [5.74, 6) is -0.496. The summed E-state index contributed by atoms with van der Waals surface area (Å²) < 4.78 is 11.7. The minimum atomic E-state index is -1.56. The monoisotopic (exact) mass is 207 g/mol. The Morgan fingerprint density at radius 3 is 2.53 bits per heavy atom. The molecule has 1 N–H and O–H groups in total. The predicted molar refractivity (Wildman–Crippen MR) is 54.6 cm³/mol. The van der Waals surface area contributed by atoms with E-state index in [-0.39, 0.29) is 0 Å². The Hall–Kier alpha value is -1.97. The summed E-state index contributed by atoms with van der Waals surface area (Å²) in [6, 6.07) is 7.62. The molecule has 1 aromatic rings. The van der Waals surface area contributed by atoms with Crippen molar-refractivity contribution in [2.45, 2.75) is 0 Å². The summed E-state index contributed by atoms with van der Waals surface area (Å²) in [5, 5.41) is 2.10. The molecule has 1 aromatic carbocycles. The average Bonchev–Trinajstić information content (AvgIpc) is 2.25. The third-order valence-electron chi connectivity index (χ3n) is 1.63. The van der Waals surface area contributed by atoms with E-state index in [0.29, 0.717) is 0 Å². The van der Waals surface area contributed by atoms with Gasteiger partial charge in [-0.15, -0.1) is 0 Å². The zero-order valence-electron chi connectivity index (χ0n) is 7.94. The van der Waals surface area contributed by atoms with Crippen molar-refractivity contribution in [1.82, 2.24) is 5.32 Å². The van der Waals surface area contributed by atoms with Gasteiger partial charge in [-0.1, -0.05) is 30.3 Å². The average molecular weight is 207 g/mol. The van der Waals surface area contributed by atoms with Crippen LogP contribution in [0.1, 0.15) is 5.56 Å². The van der Waals surface area contributed by atoms with Gasteiger partial charge in [0.25, 0.3) is 0 Å². The predicted octanol–water partition coefficient (Wildman–Crippen LogP) is 1.31. The molecule has 0 heterocycles. The molecule has 0 saturated heterocycles. The van der Waals surface area contributed by atoms with Gasteiger partial charge in [0.15, 0.2) is 0 Å². The van der Waals surface area contributed by atoms with Gasteiger partial charge in [0.2, 0.25) is 5.91 Å². The topological polar surface area (TPSA) is 46.2 Å². The van der Waals surface area contributed by atoms with E-state index in [9.17, 15) is 14.0 Å². The van der Waals surface area contributed by atoms with Crippen molar-refractivity contribution in [2.24, 2.45) is 0 Å². The molecule has 1 amide bonds. The molecule has 0 bridgehead atoms. The summed E-state index contributed by atoms with van der Waals surface area (Å²) in [6.07, 6.45) is 2.83. The van der Waals surface area contributed by atoms with Crippen LogP contribution in [0.4, 0.5) is 4.39 Å². The second kappa shape index (κ2) is 5.70. The summed E-state index contributed by atoms with van der Waals surface area (Å²) in [7, 11) is 0. The first-order chi connectivity index (χ1) is 7.18. The van der Waals surface area contributed by atoms with Gasteiger partial charge in [0, 0.05) is 6.08 Å². The lowest BCUT2D eigenvalue weighted by molar-refractivity contribution is -0.130. The fraction of sp³-hybridized carbons (Fsp3) is 0.0909. The summed E-state index contributed by atoms with van der Waals surface area (Å²) >= 11 is 0. The Bertz CT molecular complexity index is 373.